The van der Waals surface area contributed by atoms with E-state index >= 15 is 0 Å². The van der Waals surface area contributed by atoms with Gasteiger partial charge in [-0.3, -0.25) is 0 Å². The van der Waals surface area contributed by atoms with Crippen LogP contribution in [0, 0.1) is 5.82 Å². The number of halogens is 1. The highest BCUT2D eigenvalue weighted by Crippen LogP contribution is 2.27. The maximum atomic E-state index is 13.7. The van der Waals surface area contributed by atoms with Gasteiger partial charge in [0.15, 0.2) is 0 Å². The van der Waals surface area contributed by atoms with E-state index in [1.807, 2.05) is 13.8 Å². The summed E-state index contributed by atoms with van der Waals surface area (Å²) in [7, 11) is 1.52. The molecule has 0 radical (unpaired) electrons. The van der Waals surface area contributed by atoms with Gasteiger partial charge in [0.2, 0.25) is 0 Å². The van der Waals surface area contributed by atoms with Crippen LogP contribution in [0.1, 0.15) is 31.9 Å². The van der Waals surface area contributed by atoms with Crippen molar-refractivity contribution in [2.24, 2.45) is 0 Å². The van der Waals surface area contributed by atoms with Crippen LogP contribution < -0.4 is 10.1 Å². The van der Waals surface area contributed by atoms with Crippen molar-refractivity contribution < 1.29 is 14.2 Å². The summed E-state index contributed by atoms with van der Waals surface area (Å²) in [6.45, 7) is 4.19. The Hall–Kier alpha value is -1.13. The van der Waals surface area contributed by atoms with E-state index in [9.17, 15) is 9.50 Å². The molecule has 2 atom stereocenters. The molecule has 0 saturated heterocycles. The van der Waals surface area contributed by atoms with Crippen LogP contribution in [0.3, 0.4) is 0 Å². The van der Waals surface area contributed by atoms with E-state index in [0.717, 1.165) is 0 Å². The lowest BCUT2D eigenvalue weighted by Crippen LogP contribution is -2.29. The standard InChI is InChI=1S/C13H20FNO2/c1-4-10(16)8-15-9(2)13-11(14)6-5-7-12(13)17-3/h5-7,9-10,15-16H,4,8H2,1-3H3/t9-,10+/m1/s1. The van der Waals surface area contributed by atoms with Crippen molar-refractivity contribution >= 4 is 0 Å². The van der Waals surface area contributed by atoms with Gasteiger partial charge in [-0.15, -0.1) is 0 Å². The van der Waals surface area contributed by atoms with Crippen LogP contribution >= 0.6 is 0 Å². The normalized spacial score (nSPS) is 14.4. The average molecular weight is 241 g/mol. The van der Waals surface area contributed by atoms with Crippen LogP contribution in [0.5, 0.6) is 5.75 Å². The van der Waals surface area contributed by atoms with Gasteiger partial charge in [-0.05, 0) is 25.5 Å². The molecule has 2 N–H and O–H groups in total. The van der Waals surface area contributed by atoms with Crippen LogP contribution in [0.25, 0.3) is 0 Å². The number of nitrogens with one attached hydrogen (secondary N) is 1. The second kappa shape index (κ2) is 6.57. The van der Waals surface area contributed by atoms with Gasteiger partial charge in [0.05, 0.1) is 13.2 Å². The molecule has 0 unspecified atom stereocenters. The Labute approximate surface area is 102 Å². The molecule has 0 spiro atoms. The Bertz CT molecular complexity index is 357. The largest absolute Gasteiger partial charge is 0.496 e. The third kappa shape index (κ3) is 3.68. The van der Waals surface area contributed by atoms with E-state index in [1.165, 1.54) is 13.2 Å². The molecule has 0 aliphatic rings. The Balaban J connectivity index is 2.77. The van der Waals surface area contributed by atoms with Crippen LogP contribution in [0.2, 0.25) is 0 Å². The third-order valence-electron chi connectivity index (χ3n) is 2.80. The summed E-state index contributed by atoms with van der Waals surface area (Å²) in [6, 6.07) is 4.55. The molecule has 17 heavy (non-hydrogen) atoms. The first-order chi connectivity index (χ1) is 8.10. The second-order valence-corrected chi connectivity index (χ2v) is 4.05. The minimum atomic E-state index is -0.407. The Morgan fingerprint density at radius 1 is 1.47 bits per heavy atom. The van der Waals surface area contributed by atoms with Crippen molar-refractivity contribution in [1.29, 1.82) is 0 Å². The first-order valence-electron chi connectivity index (χ1n) is 5.84. The number of rotatable bonds is 6. The highest BCUT2D eigenvalue weighted by atomic mass is 19.1. The minimum Gasteiger partial charge on any atom is -0.496 e. The van der Waals surface area contributed by atoms with E-state index in [4.69, 9.17) is 4.74 Å². The quantitative estimate of drug-likeness (QED) is 0.802. The molecule has 0 aliphatic heterocycles. The van der Waals surface area contributed by atoms with Gasteiger partial charge < -0.3 is 15.2 Å². The van der Waals surface area contributed by atoms with E-state index < -0.39 is 6.10 Å². The van der Waals surface area contributed by atoms with Crippen molar-refractivity contribution in [1.82, 2.24) is 5.32 Å². The van der Waals surface area contributed by atoms with Crippen molar-refractivity contribution in [3.8, 4) is 5.75 Å². The molecule has 1 aromatic rings. The number of ether oxygens (including phenoxy) is 1. The maximum absolute atomic E-state index is 13.7. The van der Waals surface area contributed by atoms with Crippen LogP contribution in [0.15, 0.2) is 18.2 Å². The van der Waals surface area contributed by atoms with E-state index in [2.05, 4.69) is 5.32 Å². The summed E-state index contributed by atoms with van der Waals surface area (Å²) in [5.41, 5.74) is 0.498. The second-order valence-electron chi connectivity index (χ2n) is 4.05. The van der Waals surface area contributed by atoms with Crippen molar-refractivity contribution in [3.05, 3.63) is 29.6 Å². The predicted molar refractivity (Wildman–Crippen MR) is 65.7 cm³/mol. The van der Waals surface area contributed by atoms with Gasteiger partial charge in [0.25, 0.3) is 0 Å². The smallest absolute Gasteiger partial charge is 0.131 e. The highest BCUT2D eigenvalue weighted by molar-refractivity contribution is 5.36. The molecular weight excluding hydrogens is 221 g/mol. The molecule has 0 bridgehead atoms. The molecule has 96 valence electrons. The number of hydrogen-bond acceptors (Lipinski definition) is 3. The lowest BCUT2D eigenvalue weighted by molar-refractivity contribution is 0.163. The highest BCUT2D eigenvalue weighted by Gasteiger charge is 2.16. The zero-order valence-corrected chi connectivity index (χ0v) is 10.5. The van der Waals surface area contributed by atoms with Crippen LogP contribution in [0.4, 0.5) is 4.39 Å². The fourth-order valence-electron chi connectivity index (χ4n) is 1.67. The molecule has 1 rings (SSSR count). The van der Waals surface area contributed by atoms with Gasteiger partial charge in [-0.2, -0.15) is 0 Å². The fraction of sp³-hybridized carbons (Fsp3) is 0.538. The molecule has 1 aromatic carbocycles. The summed E-state index contributed by atoms with van der Waals surface area (Å²) < 4.78 is 18.8. The Morgan fingerprint density at radius 3 is 2.76 bits per heavy atom. The van der Waals surface area contributed by atoms with Gasteiger partial charge in [0, 0.05) is 18.2 Å². The maximum Gasteiger partial charge on any atom is 0.131 e. The monoisotopic (exact) mass is 241 g/mol. The zero-order valence-electron chi connectivity index (χ0n) is 10.5. The summed E-state index contributed by atoms with van der Waals surface area (Å²) in [5, 5.41) is 12.6. The lowest BCUT2D eigenvalue weighted by Gasteiger charge is -2.19. The van der Waals surface area contributed by atoms with E-state index in [1.54, 1.807) is 12.1 Å². The van der Waals surface area contributed by atoms with Crippen molar-refractivity contribution in [2.75, 3.05) is 13.7 Å². The SMILES string of the molecule is CC[C@H](O)CN[C@H](C)c1c(F)cccc1OC. The van der Waals surface area contributed by atoms with Gasteiger partial charge >= 0.3 is 0 Å². The van der Waals surface area contributed by atoms with E-state index in [-0.39, 0.29) is 11.9 Å². The fourth-order valence-corrected chi connectivity index (χ4v) is 1.67. The van der Waals surface area contributed by atoms with Gasteiger partial charge in [-0.25, -0.2) is 4.39 Å². The summed E-state index contributed by atoms with van der Waals surface area (Å²) in [4.78, 5) is 0. The first-order valence-corrected chi connectivity index (χ1v) is 5.84. The zero-order chi connectivity index (χ0) is 12.8. The molecule has 0 saturated carbocycles. The summed E-state index contributed by atoms with van der Waals surface area (Å²) >= 11 is 0. The molecule has 4 heteroatoms. The molecule has 0 aromatic heterocycles. The predicted octanol–water partition coefficient (Wildman–Crippen LogP) is 2.26. The van der Waals surface area contributed by atoms with E-state index in [0.29, 0.717) is 24.3 Å². The number of hydrogen-bond donors (Lipinski definition) is 2. The average Bonchev–Trinajstić information content (AvgIpc) is 2.34. The Morgan fingerprint density at radius 2 is 2.18 bits per heavy atom. The lowest BCUT2D eigenvalue weighted by atomic mass is 10.1. The molecular formula is C13H20FNO2. The van der Waals surface area contributed by atoms with Gasteiger partial charge in [-0.1, -0.05) is 13.0 Å². The topological polar surface area (TPSA) is 41.5 Å². The Kier molecular flexibility index (Phi) is 5.38. The third-order valence-corrected chi connectivity index (χ3v) is 2.80. The van der Waals surface area contributed by atoms with Crippen molar-refractivity contribution in [2.45, 2.75) is 32.4 Å². The number of aliphatic hydroxyl groups is 1. The summed E-state index contributed by atoms with van der Waals surface area (Å²) in [6.07, 6.45) is 0.268. The molecule has 0 heterocycles. The molecule has 0 amide bonds. The molecule has 0 aliphatic carbocycles. The molecule has 0 fully saturated rings. The minimum absolute atomic E-state index is 0.202. The number of aliphatic hydroxyl groups excluding tert-OH is 1. The molecule has 3 nitrogen and oxygen atoms in total. The first kappa shape index (κ1) is 13.9. The van der Waals surface area contributed by atoms with Crippen LogP contribution in [-0.4, -0.2) is 24.9 Å². The van der Waals surface area contributed by atoms with Crippen molar-refractivity contribution in [3.63, 3.8) is 0 Å². The van der Waals surface area contributed by atoms with Crippen LogP contribution in [-0.2, 0) is 0 Å². The summed E-state index contributed by atoms with van der Waals surface area (Å²) in [5.74, 6) is 0.228. The number of benzene rings is 1. The number of methoxy groups -OCH3 is 1. The van der Waals surface area contributed by atoms with Gasteiger partial charge in [0.1, 0.15) is 11.6 Å².